The summed E-state index contributed by atoms with van der Waals surface area (Å²) in [6.07, 6.45) is 1.07. The molecule has 1 rings (SSSR count). The molecule has 1 saturated heterocycles. The maximum Gasteiger partial charge on any atom is 0.410 e. The molecule has 0 aliphatic carbocycles. The molecule has 1 aliphatic heterocycles. The molecule has 0 saturated carbocycles. The van der Waals surface area contributed by atoms with E-state index in [1.54, 1.807) is 4.90 Å². The number of carbonyl (C=O) groups excluding carboxylic acids is 2. The van der Waals surface area contributed by atoms with Crippen molar-refractivity contribution in [2.45, 2.75) is 53.1 Å². The Morgan fingerprint density at radius 2 is 1.94 bits per heavy atom. The van der Waals surface area contributed by atoms with Gasteiger partial charge < -0.3 is 9.64 Å². The first kappa shape index (κ1) is 15.0. The van der Waals surface area contributed by atoms with Crippen LogP contribution in [0, 0.1) is 11.8 Å². The van der Waals surface area contributed by atoms with E-state index < -0.39 is 5.60 Å². The zero-order chi connectivity index (χ0) is 13.9. The second-order valence-electron chi connectivity index (χ2n) is 6.48. The molecule has 0 unspecified atom stereocenters. The smallest absolute Gasteiger partial charge is 0.410 e. The Morgan fingerprint density at radius 1 is 1.33 bits per heavy atom. The van der Waals surface area contributed by atoms with Gasteiger partial charge in [-0.1, -0.05) is 13.8 Å². The Kier molecular flexibility index (Phi) is 4.77. The average molecular weight is 255 g/mol. The van der Waals surface area contributed by atoms with Crippen LogP contribution in [0.1, 0.15) is 47.5 Å². The molecular formula is C14H25NO3. The predicted molar refractivity (Wildman–Crippen MR) is 70.4 cm³/mol. The van der Waals surface area contributed by atoms with Crippen molar-refractivity contribution in [2.75, 3.05) is 13.1 Å². The predicted octanol–water partition coefficient (Wildman–Crippen LogP) is 2.86. The maximum absolute atomic E-state index is 11.9. The third-order valence-electron chi connectivity index (χ3n) is 2.90. The van der Waals surface area contributed by atoms with Crippen LogP contribution in [-0.2, 0) is 9.53 Å². The Balaban J connectivity index is 2.46. The van der Waals surface area contributed by atoms with E-state index in [1.165, 1.54) is 0 Å². The van der Waals surface area contributed by atoms with E-state index in [-0.39, 0.29) is 17.8 Å². The van der Waals surface area contributed by atoms with Crippen LogP contribution in [0.5, 0.6) is 0 Å². The molecule has 0 bridgehead atoms. The van der Waals surface area contributed by atoms with Crippen LogP contribution in [0.15, 0.2) is 0 Å². The molecule has 0 aromatic rings. The molecule has 0 radical (unpaired) electrons. The summed E-state index contributed by atoms with van der Waals surface area (Å²) in [4.78, 5) is 25.4. The minimum absolute atomic E-state index is 0.0000756. The molecule has 1 aliphatic rings. The standard InChI is InChI=1S/C14H25NO3/c1-10(2)8-12(16)11-6-7-15(9-11)13(17)18-14(3,4)5/h10-11H,6-9H2,1-5H3/t11-/m1/s1. The van der Waals surface area contributed by atoms with Crippen LogP contribution in [0.3, 0.4) is 0 Å². The average Bonchev–Trinajstić information content (AvgIpc) is 2.61. The number of ether oxygens (including phenoxy) is 1. The van der Waals surface area contributed by atoms with Gasteiger partial charge in [0.15, 0.2) is 0 Å². The first-order chi connectivity index (χ1) is 8.19. The lowest BCUT2D eigenvalue weighted by molar-refractivity contribution is -0.123. The fourth-order valence-electron chi connectivity index (χ4n) is 2.08. The third kappa shape index (κ3) is 4.67. The molecule has 18 heavy (non-hydrogen) atoms. The first-order valence-electron chi connectivity index (χ1n) is 6.69. The number of hydrogen-bond donors (Lipinski definition) is 0. The summed E-state index contributed by atoms with van der Waals surface area (Å²) in [6.45, 7) is 10.8. The molecule has 1 fully saturated rings. The van der Waals surface area contributed by atoms with Crippen molar-refractivity contribution in [1.29, 1.82) is 0 Å². The summed E-state index contributed by atoms with van der Waals surface area (Å²) in [5, 5.41) is 0. The lowest BCUT2D eigenvalue weighted by Gasteiger charge is -2.24. The van der Waals surface area contributed by atoms with Gasteiger partial charge in [0.05, 0.1) is 0 Å². The van der Waals surface area contributed by atoms with Gasteiger partial charge in [0.25, 0.3) is 0 Å². The molecule has 1 amide bonds. The fraction of sp³-hybridized carbons (Fsp3) is 0.857. The Labute approximate surface area is 110 Å². The van der Waals surface area contributed by atoms with Crippen LogP contribution < -0.4 is 0 Å². The number of rotatable bonds is 3. The number of ketones is 1. The number of amides is 1. The minimum Gasteiger partial charge on any atom is -0.444 e. The second kappa shape index (κ2) is 5.72. The number of Topliss-reactive ketones (excluding diaryl/α,β-unsaturated/α-hetero) is 1. The maximum atomic E-state index is 11.9. The monoisotopic (exact) mass is 255 g/mol. The van der Waals surface area contributed by atoms with Crippen molar-refractivity contribution < 1.29 is 14.3 Å². The number of nitrogens with zero attached hydrogens (tertiary/aromatic N) is 1. The van der Waals surface area contributed by atoms with E-state index in [2.05, 4.69) is 0 Å². The summed E-state index contributed by atoms with van der Waals surface area (Å²) < 4.78 is 5.31. The van der Waals surface area contributed by atoms with Crippen molar-refractivity contribution in [3.05, 3.63) is 0 Å². The molecule has 0 spiro atoms. The molecule has 0 aromatic carbocycles. The van der Waals surface area contributed by atoms with Gasteiger partial charge in [0, 0.05) is 25.4 Å². The summed E-state index contributed by atoms with van der Waals surface area (Å²) >= 11 is 0. The molecule has 0 aromatic heterocycles. The zero-order valence-electron chi connectivity index (χ0n) is 12.2. The summed E-state index contributed by atoms with van der Waals surface area (Å²) in [5.74, 6) is 0.657. The SMILES string of the molecule is CC(C)CC(=O)[C@@H]1CCN(C(=O)OC(C)(C)C)C1. The zero-order valence-corrected chi connectivity index (χ0v) is 12.2. The van der Waals surface area contributed by atoms with E-state index in [9.17, 15) is 9.59 Å². The number of hydrogen-bond acceptors (Lipinski definition) is 3. The highest BCUT2D eigenvalue weighted by atomic mass is 16.6. The normalized spacial score (nSPS) is 20.3. The van der Waals surface area contributed by atoms with E-state index in [4.69, 9.17) is 4.74 Å². The van der Waals surface area contributed by atoms with Crippen LogP contribution in [-0.4, -0.2) is 35.5 Å². The molecule has 4 heteroatoms. The van der Waals surface area contributed by atoms with Crippen molar-refractivity contribution in [1.82, 2.24) is 4.90 Å². The highest BCUT2D eigenvalue weighted by Gasteiger charge is 2.33. The van der Waals surface area contributed by atoms with Gasteiger partial charge >= 0.3 is 6.09 Å². The Hall–Kier alpha value is -1.06. The highest BCUT2D eigenvalue weighted by molar-refractivity contribution is 5.82. The largest absolute Gasteiger partial charge is 0.444 e. The van der Waals surface area contributed by atoms with Gasteiger partial charge in [-0.2, -0.15) is 0 Å². The van der Waals surface area contributed by atoms with Gasteiger partial charge in [-0.05, 0) is 33.1 Å². The molecule has 1 heterocycles. The van der Waals surface area contributed by atoms with Crippen LogP contribution in [0.2, 0.25) is 0 Å². The van der Waals surface area contributed by atoms with Gasteiger partial charge in [-0.25, -0.2) is 4.79 Å². The van der Waals surface area contributed by atoms with Crippen LogP contribution in [0.4, 0.5) is 4.79 Å². The van der Waals surface area contributed by atoms with Crippen LogP contribution in [0.25, 0.3) is 0 Å². The summed E-state index contributed by atoms with van der Waals surface area (Å²) in [6, 6.07) is 0. The van der Waals surface area contributed by atoms with E-state index in [0.717, 1.165) is 6.42 Å². The van der Waals surface area contributed by atoms with Crippen LogP contribution >= 0.6 is 0 Å². The van der Waals surface area contributed by atoms with Gasteiger partial charge in [0.1, 0.15) is 11.4 Å². The fourth-order valence-corrected chi connectivity index (χ4v) is 2.08. The molecule has 4 nitrogen and oxygen atoms in total. The lowest BCUT2D eigenvalue weighted by Crippen LogP contribution is -2.35. The van der Waals surface area contributed by atoms with Gasteiger partial charge in [-0.15, -0.1) is 0 Å². The lowest BCUT2D eigenvalue weighted by atomic mass is 9.96. The summed E-state index contributed by atoms with van der Waals surface area (Å²) in [5.41, 5.74) is -0.475. The molecule has 1 atom stereocenters. The Bertz CT molecular complexity index is 317. The quantitative estimate of drug-likeness (QED) is 0.779. The van der Waals surface area contributed by atoms with Gasteiger partial charge in [-0.3, -0.25) is 4.79 Å². The van der Waals surface area contributed by atoms with Gasteiger partial charge in [0.2, 0.25) is 0 Å². The van der Waals surface area contributed by atoms with Crippen molar-refractivity contribution in [3.8, 4) is 0 Å². The Morgan fingerprint density at radius 3 is 2.44 bits per heavy atom. The highest BCUT2D eigenvalue weighted by Crippen LogP contribution is 2.22. The van der Waals surface area contributed by atoms with Crippen molar-refractivity contribution >= 4 is 11.9 Å². The van der Waals surface area contributed by atoms with E-state index in [0.29, 0.717) is 25.4 Å². The topological polar surface area (TPSA) is 46.6 Å². The second-order valence-corrected chi connectivity index (χ2v) is 6.48. The first-order valence-corrected chi connectivity index (χ1v) is 6.69. The number of carbonyl (C=O) groups is 2. The molecule has 104 valence electrons. The van der Waals surface area contributed by atoms with Crippen molar-refractivity contribution in [3.63, 3.8) is 0 Å². The van der Waals surface area contributed by atoms with E-state index in [1.807, 2.05) is 34.6 Å². The number of likely N-dealkylation sites (tertiary alicyclic amines) is 1. The van der Waals surface area contributed by atoms with E-state index >= 15 is 0 Å². The minimum atomic E-state index is -0.475. The molecule has 0 N–H and O–H groups in total. The van der Waals surface area contributed by atoms with Crippen molar-refractivity contribution in [2.24, 2.45) is 11.8 Å². The third-order valence-corrected chi connectivity index (χ3v) is 2.90. The summed E-state index contributed by atoms with van der Waals surface area (Å²) in [7, 11) is 0. The molecular weight excluding hydrogens is 230 g/mol.